The lowest BCUT2D eigenvalue weighted by molar-refractivity contribution is -0.105. The highest BCUT2D eigenvalue weighted by Crippen LogP contribution is 2.67. The number of methoxy groups -OCH3 is 1. The van der Waals surface area contributed by atoms with Crippen LogP contribution in [-0.4, -0.2) is 105 Å². The van der Waals surface area contributed by atoms with Gasteiger partial charge in [-0.25, -0.2) is 29.1 Å². The van der Waals surface area contributed by atoms with Crippen molar-refractivity contribution in [2.45, 2.75) is 55.6 Å². The Labute approximate surface area is 268 Å². The molecular formula is C24H30N10O12P2. The van der Waals surface area contributed by atoms with E-state index >= 15 is 0 Å². The number of nitrogens with one attached hydrogen (secondary N) is 1. The van der Waals surface area contributed by atoms with Crippen molar-refractivity contribution in [3.05, 3.63) is 29.3 Å². The van der Waals surface area contributed by atoms with Crippen LogP contribution in [0.4, 0.5) is 11.8 Å². The highest BCUT2D eigenvalue weighted by molar-refractivity contribution is 7.47. The molecule has 4 aliphatic rings. The van der Waals surface area contributed by atoms with Crippen LogP contribution in [0.5, 0.6) is 0 Å². The molecule has 11 atom stereocenters. The van der Waals surface area contributed by atoms with Gasteiger partial charge in [-0.1, -0.05) is 0 Å². The molecule has 22 nitrogen and oxygen atoms in total. The summed E-state index contributed by atoms with van der Waals surface area (Å²) in [5, 5.41) is 11.7. The van der Waals surface area contributed by atoms with Crippen LogP contribution in [0.15, 0.2) is 23.8 Å². The number of phosphoric acid groups is 2. The van der Waals surface area contributed by atoms with Crippen LogP contribution in [0.3, 0.4) is 0 Å². The van der Waals surface area contributed by atoms with Gasteiger partial charge in [0, 0.05) is 12.5 Å². The quantitative estimate of drug-likeness (QED) is 0.144. The molecule has 2 aliphatic carbocycles. The number of aliphatic hydroxyl groups excluding tert-OH is 1. The average Bonchev–Trinajstić information content (AvgIpc) is 3.75. The molecule has 0 radical (unpaired) electrons. The Morgan fingerprint density at radius 1 is 1.04 bits per heavy atom. The van der Waals surface area contributed by atoms with Crippen molar-refractivity contribution in [3.63, 3.8) is 0 Å². The van der Waals surface area contributed by atoms with Crippen LogP contribution in [-0.2, 0) is 36.7 Å². The molecule has 1 spiro atoms. The van der Waals surface area contributed by atoms with Crippen molar-refractivity contribution in [3.8, 4) is 0 Å². The minimum atomic E-state index is -5.00. The molecule has 8 rings (SSSR count). The number of aromatic amines is 1. The minimum Gasteiger partial charge on any atom is -0.388 e. The number of aromatic nitrogens is 8. The largest absolute Gasteiger partial charge is 0.472 e. The van der Waals surface area contributed by atoms with Gasteiger partial charge in [0.25, 0.3) is 5.56 Å². The number of hydrogen-bond acceptors (Lipinski definition) is 17. The monoisotopic (exact) mass is 712 g/mol. The number of H-pyrrole nitrogens is 1. The number of aliphatic hydroxyl groups is 1. The Morgan fingerprint density at radius 3 is 2.54 bits per heavy atom. The van der Waals surface area contributed by atoms with Gasteiger partial charge in [-0.15, -0.1) is 0 Å². The number of ether oxygens (including phenoxy) is 2. The number of nitrogen functional groups attached to an aromatic ring is 2. The summed E-state index contributed by atoms with van der Waals surface area (Å²) in [4.78, 5) is 57.5. The Hall–Kier alpha value is -3.40. The van der Waals surface area contributed by atoms with Crippen molar-refractivity contribution in [1.82, 2.24) is 39.0 Å². The molecule has 4 aromatic rings. The predicted octanol–water partition coefficient (Wildman–Crippen LogP) is -0.634. The van der Waals surface area contributed by atoms with Gasteiger partial charge < -0.3 is 40.4 Å². The maximum atomic E-state index is 13.7. The van der Waals surface area contributed by atoms with E-state index < -0.39 is 88.5 Å². The van der Waals surface area contributed by atoms with Crippen LogP contribution in [0.25, 0.3) is 22.3 Å². The Bertz CT molecular complexity index is 2080. The number of hydrogen-bond donors (Lipinski definition) is 6. The zero-order chi connectivity index (χ0) is 33.7. The van der Waals surface area contributed by atoms with E-state index in [1.807, 2.05) is 0 Å². The summed E-state index contributed by atoms with van der Waals surface area (Å²) in [5.41, 5.74) is 10.2. The van der Waals surface area contributed by atoms with Crippen LogP contribution < -0.4 is 17.0 Å². The van der Waals surface area contributed by atoms with E-state index in [1.54, 1.807) is 4.57 Å². The number of rotatable bonds is 3. The first kappa shape index (κ1) is 31.8. The average molecular weight is 713 g/mol. The third-order valence-corrected chi connectivity index (χ3v) is 11.6. The molecule has 8 N–H and O–H groups in total. The first-order valence-corrected chi connectivity index (χ1v) is 17.6. The zero-order valence-electron chi connectivity index (χ0n) is 24.9. The van der Waals surface area contributed by atoms with E-state index in [0.717, 1.165) is 0 Å². The number of phosphoric ester groups is 2. The van der Waals surface area contributed by atoms with Gasteiger partial charge in [-0.05, 0) is 18.8 Å². The maximum absolute atomic E-state index is 13.7. The second kappa shape index (κ2) is 11.1. The van der Waals surface area contributed by atoms with Crippen molar-refractivity contribution in [2.24, 2.45) is 11.3 Å². The first-order valence-electron chi connectivity index (χ1n) is 14.7. The molecule has 48 heavy (non-hydrogen) atoms. The number of fused-ring (bicyclic) bond motifs is 4. The standard InChI is InChI=1S/C24H30N10O12P2/c1-41-15-10-4-42-47(37,38)46-17-14(35)13(33-7-29-11-18(25)27-6-28-19(11)33)9-2-3-24(9,17)5-43-48(39,40)45-16(15)22(44-10)34-8-30-12-20(34)31-23(26)32-21(12)36/h6-10,13-17,22,35H,2-5H2,1H3,(H,37,38)(H,39,40)(H2,25,27,28)(H3,26,31,32,36)/t9-,10-,13-,14+,15-,16-,17+,22-,24+/m1/s1. The number of nitrogens with zero attached hydrogens (tertiary/aromatic N) is 7. The third-order valence-electron chi connectivity index (χ3n) is 9.69. The fourth-order valence-electron chi connectivity index (χ4n) is 7.50. The second-order valence-electron chi connectivity index (χ2n) is 12.1. The normalized spacial score (nSPS) is 40.1. The Kier molecular flexibility index (Phi) is 7.33. The number of imidazole rings is 2. The van der Waals surface area contributed by atoms with E-state index in [9.17, 15) is 28.8 Å². The van der Waals surface area contributed by atoms with Crippen LogP contribution in [0.1, 0.15) is 25.1 Å². The van der Waals surface area contributed by atoms with Gasteiger partial charge in [0.2, 0.25) is 5.95 Å². The first-order chi connectivity index (χ1) is 22.8. The topological polar surface area (TPSA) is 309 Å². The Balaban J connectivity index is 1.17. The summed E-state index contributed by atoms with van der Waals surface area (Å²) in [6.07, 6.45) is -3.43. The highest BCUT2D eigenvalue weighted by atomic mass is 31.2. The fraction of sp³-hybridized carbons (Fsp3) is 0.583. The summed E-state index contributed by atoms with van der Waals surface area (Å²) in [7, 11) is -8.71. The summed E-state index contributed by atoms with van der Waals surface area (Å²) < 4.78 is 64.0. The molecule has 2 bridgehead atoms. The minimum absolute atomic E-state index is 0.0404. The smallest absolute Gasteiger partial charge is 0.388 e. The molecule has 24 heteroatoms. The molecule has 2 aliphatic heterocycles. The van der Waals surface area contributed by atoms with Crippen molar-refractivity contribution < 1.29 is 51.6 Å². The molecule has 4 fully saturated rings. The van der Waals surface area contributed by atoms with Crippen molar-refractivity contribution >= 4 is 49.7 Å². The van der Waals surface area contributed by atoms with E-state index in [2.05, 4.69) is 29.9 Å². The van der Waals surface area contributed by atoms with Crippen LogP contribution in [0, 0.1) is 11.3 Å². The van der Waals surface area contributed by atoms with Crippen LogP contribution in [0.2, 0.25) is 0 Å². The SMILES string of the molecule is CO[C@H]1[C@H]2OP(=O)(O)OC[C@@]34CC[C@@H]3[C@@H](n3cnc5c(N)ncnc53)[C@H](O)[C@@H]4OP(=O)(O)OC[C@H]1O[C@H]2n1cnc2c(=O)[nH]c(N)nc21. The molecule has 2 saturated carbocycles. The predicted molar refractivity (Wildman–Crippen MR) is 159 cm³/mol. The number of nitrogens with two attached hydrogens (primary N) is 2. The summed E-state index contributed by atoms with van der Waals surface area (Å²) in [5.74, 6) is -0.630. The molecule has 4 aromatic heterocycles. The lowest BCUT2D eigenvalue weighted by Gasteiger charge is -2.48. The fourth-order valence-corrected chi connectivity index (χ4v) is 9.51. The van der Waals surface area contributed by atoms with Gasteiger partial charge in [-0.3, -0.25) is 32.4 Å². The number of anilines is 2. The summed E-state index contributed by atoms with van der Waals surface area (Å²) >= 11 is 0. The zero-order valence-corrected chi connectivity index (χ0v) is 26.7. The van der Waals surface area contributed by atoms with E-state index in [-0.39, 0.29) is 34.9 Å². The van der Waals surface area contributed by atoms with Crippen molar-refractivity contribution in [1.29, 1.82) is 0 Å². The molecule has 2 saturated heterocycles. The lowest BCUT2D eigenvalue weighted by Crippen LogP contribution is -2.50. The second-order valence-corrected chi connectivity index (χ2v) is 14.9. The van der Waals surface area contributed by atoms with E-state index in [1.165, 1.54) is 30.7 Å². The van der Waals surface area contributed by atoms with Gasteiger partial charge in [0.05, 0.1) is 31.9 Å². The van der Waals surface area contributed by atoms with Gasteiger partial charge in [0.1, 0.15) is 42.4 Å². The third kappa shape index (κ3) is 4.83. The highest BCUT2D eigenvalue weighted by Gasteiger charge is 2.68. The molecule has 258 valence electrons. The molecule has 0 aromatic carbocycles. The lowest BCUT2D eigenvalue weighted by atomic mass is 9.60. The van der Waals surface area contributed by atoms with E-state index in [0.29, 0.717) is 12.1 Å². The summed E-state index contributed by atoms with van der Waals surface area (Å²) in [6, 6.07) is -0.821. The maximum Gasteiger partial charge on any atom is 0.472 e. The molecule has 0 amide bonds. The van der Waals surface area contributed by atoms with E-state index in [4.69, 9.17) is 39.0 Å². The van der Waals surface area contributed by atoms with Gasteiger partial charge in [0.15, 0.2) is 28.9 Å². The van der Waals surface area contributed by atoms with Crippen LogP contribution >= 0.6 is 15.6 Å². The molecule has 2 unspecified atom stereocenters. The molecular weight excluding hydrogens is 682 g/mol. The summed E-state index contributed by atoms with van der Waals surface area (Å²) in [6.45, 7) is -1.17. The van der Waals surface area contributed by atoms with Gasteiger partial charge >= 0.3 is 15.6 Å². The van der Waals surface area contributed by atoms with Gasteiger partial charge in [-0.2, -0.15) is 4.98 Å². The Morgan fingerprint density at radius 2 is 1.79 bits per heavy atom. The molecule has 6 heterocycles. The van der Waals surface area contributed by atoms with Crippen molar-refractivity contribution in [2.75, 3.05) is 31.8 Å².